The van der Waals surface area contributed by atoms with Crippen LogP contribution in [-0.4, -0.2) is 19.3 Å². The summed E-state index contributed by atoms with van der Waals surface area (Å²) in [5.41, 5.74) is 1.10. The lowest BCUT2D eigenvalue weighted by atomic mass is 10.2. The first-order valence-electron chi connectivity index (χ1n) is 5.87. The summed E-state index contributed by atoms with van der Waals surface area (Å²) >= 11 is 12.0. The average Bonchev–Trinajstić information content (AvgIpc) is 2.77. The van der Waals surface area contributed by atoms with Gasteiger partial charge in [-0.3, -0.25) is 14.0 Å². The largest absolute Gasteiger partial charge is 0.294 e. The molecule has 0 aliphatic rings. The lowest BCUT2D eigenvalue weighted by Crippen LogP contribution is -2.20. The van der Waals surface area contributed by atoms with Crippen molar-refractivity contribution in [2.24, 2.45) is 7.05 Å². The Balaban J connectivity index is 2.06. The Labute approximate surface area is 124 Å². The van der Waals surface area contributed by atoms with Crippen molar-refractivity contribution in [1.29, 1.82) is 0 Å². The van der Waals surface area contributed by atoms with E-state index in [1.54, 1.807) is 36.1 Å². The van der Waals surface area contributed by atoms with Crippen molar-refractivity contribution in [2.45, 2.75) is 6.54 Å². The predicted octanol–water partition coefficient (Wildman–Crippen LogP) is 2.49. The van der Waals surface area contributed by atoms with Crippen LogP contribution in [-0.2, 0) is 13.6 Å². The zero-order chi connectivity index (χ0) is 14.3. The van der Waals surface area contributed by atoms with Gasteiger partial charge in [-0.05, 0) is 17.7 Å². The summed E-state index contributed by atoms with van der Waals surface area (Å²) in [7, 11) is 1.75. The average molecular weight is 309 g/mol. The van der Waals surface area contributed by atoms with E-state index in [-0.39, 0.29) is 5.56 Å². The smallest absolute Gasteiger partial charge is 0.264 e. The van der Waals surface area contributed by atoms with Crippen LogP contribution in [0, 0.1) is 0 Å². The monoisotopic (exact) mass is 308 g/mol. The van der Waals surface area contributed by atoms with Crippen molar-refractivity contribution in [3.8, 4) is 0 Å². The Bertz CT molecular complexity index is 853. The highest BCUT2D eigenvalue weighted by Crippen LogP contribution is 2.21. The molecular formula is C13H10Cl2N4O. The molecule has 20 heavy (non-hydrogen) atoms. The standard InChI is InChI=1S/C13H10Cl2N4O/c1-18-6-10-12(17-18)16-7-19(13(10)20)5-8-2-3-9(14)4-11(8)15/h2-4,6-7H,5H2,1H3. The van der Waals surface area contributed by atoms with Gasteiger partial charge in [-0.25, -0.2) is 4.98 Å². The zero-order valence-electron chi connectivity index (χ0n) is 10.5. The van der Waals surface area contributed by atoms with Crippen LogP contribution in [0.4, 0.5) is 0 Å². The quantitative estimate of drug-likeness (QED) is 0.731. The number of hydrogen-bond donors (Lipinski definition) is 0. The first-order chi connectivity index (χ1) is 9.54. The van der Waals surface area contributed by atoms with E-state index in [0.717, 1.165) is 5.56 Å². The second kappa shape index (κ2) is 4.92. The van der Waals surface area contributed by atoms with Gasteiger partial charge in [-0.1, -0.05) is 29.3 Å². The van der Waals surface area contributed by atoms with Gasteiger partial charge in [0.1, 0.15) is 11.7 Å². The van der Waals surface area contributed by atoms with E-state index < -0.39 is 0 Å². The number of hydrogen-bond acceptors (Lipinski definition) is 3. The first kappa shape index (κ1) is 13.1. The molecule has 0 saturated heterocycles. The number of halogens is 2. The fourth-order valence-corrected chi connectivity index (χ4v) is 2.47. The Hall–Kier alpha value is -1.85. The molecular weight excluding hydrogens is 299 g/mol. The first-order valence-corrected chi connectivity index (χ1v) is 6.63. The molecule has 0 unspecified atom stereocenters. The van der Waals surface area contributed by atoms with Gasteiger partial charge in [0.25, 0.3) is 5.56 Å². The van der Waals surface area contributed by atoms with Crippen LogP contribution < -0.4 is 5.56 Å². The number of benzene rings is 1. The minimum atomic E-state index is -0.144. The third kappa shape index (κ3) is 2.30. The minimum absolute atomic E-state index is 0.144. The van der Waals surface area contributed by atoms with Crippen LogP contribution in [0.5, 0.6) is 0 Å². The summed E-state index contributed by atoms with van der Waals surface area (Å²) < 4.78 is 3.07. The molecule has 2 heterocycles. The summed E-state index contributed by atoms with van der Waals surface area (Å²) in [4.78, 5) is 16.5. The summed E-state index contributed by atoms with van der Waals surface area (Å²) in [6.07, 6.45) is 3.13. The van der Waals surface area contributed by atoms with Crippen molar-refractivity contribution in [3.05, 3.63) is 56.7 Å². The normalized spacial score (nSPS) is 11.2. The number of aromatic nitrogens is 4. The second-order valence-electron chi connectivity index (χ2n) is 4.45. The number of fused-ring (bicyclic) bond motifs is 1. The third-order valence-corrected chi connectivity index (χ3v) is 3.56. The third-order valence-electron chi connectivity index (χ3n) is 2.98. The van der Waals surface area contributed by atoms with Gasteiger partial charge in [-0.15, -0.1) is 0 Å². The summed E-state index contributed by atoms with van der Waals surface area (Å²) in [6.45, 7) is 0.340. The van der Waals surface area contributed by atoms with Gasteiger partial charge in [0, 0.05) is 23.3 Å². The maximum Gasteiger partial charge on any atom is 0.264 e. The molecule has 3 rings (SSSR count). The van der Waals surface area contributed by atoms with Crippen LogP contribution in [0.2, 0.25) is 10.0 Å². The molecule has 0 radical (unpaired) electrons. The van der Waals surface area contributed by atoms with E-state index in [9.17, 15) is 4.79 Å². The van der Waals surface area contributed by atoms with Gasteiger partial charge < -0.3 is 0 Å². The molecule has 5 nitrogen and oxygen atoms in total. The molecule has 7 heteroatoms. The van der Waals surface area contributed by atoms with Crippen molar-refractivity contribution >= 4 is 34.2 Å². The fourth-order valence-electron chi connectivity index (χ4n) is 2.00. The van der Waals surface area contributed by atoms with E-state index in [1.807, 2.05) is 0 Å². The van der Waals surface area contributed by atoms with Gasteiger partial charge >= 0.3 is 0 Å². The summed E-state index contributed by atoms with van der Waals surface area (Å²) in [6, 6.07) is 5.19. The Morgan fingerprint density at radius 1 is 1.30 bits per heavy atom. The molecule has 0 saturated carbocycles. The van der Waals surface area contributed by atoms with Crippen molar-refractivity contribution in [2.75, 3.05) is 0 Å². The molecule has 1 aromatic carbocycles. The minimum Gasteiger partial charge on any atom is -0.294 e. The van der Waals surface area contributed by atoms with Crippen LogP contribution in [0.25, 0.3) is 11.0 Å². The van der Waals surface area contributed by atoms with Crippen LogP contribution in [0.1, 0.15) is 5.56 Å². The number of rotatable bonds is 2. The highest BCUT2D eigenvalue weighted by atomic mass is 35.5. The van der Waals surface area contributed by atoms with Gasteiger partial charge in [-0.2, -0.15) is 5.10 Å². The lowest BCUT2D eigenvalue weighted by molar-refractivity contribution is 0.746. The topological polar surface area (TPSA) is 52.7 Å². The fraction of sp³-hybridized carbons (Fsp3) is 0.154. The van der Waals surface area contributed by atoms with Gasteiger partial charge in [0.2, 0.25) is 0 Å². The maximum atomic E-state index is 12.3. The number of aryl methyl sites for hydroxylation is 1. The van der Waals surface area contributed by atoms with Gasteiger partial charge in [0.05, 0.1) is 6.54 Å². The molecule has 0 amide bonds. The Morgan fingerprint density at radius 2 is 2.10 bits per heavy atom. The molecule has 0 atom stereocenters. The molecule has 0 aliphatic heterocycles. The zero-order valence-corrected chi connectivity index (χ0v) is 12.1. The highest BCUT2D eigenvalue weighted by molar-refractivity contribution is 6.35. The summed E-state index contributed by atoms with van der Waals surface area (Å²) in [5.74, 6) is 0. The van der Waals surface area contributed by atoms with E-state index in [4.69, 9.17) is 23.2 Å². The van der Waals surface area contributed by atoms with E-state index in [1.165, 1.54) is 10.9 Å². The van der Waals surface area contributed by atoms with E-state index in [0.29, 0.717) is 27.6 Å². The summed E-state index contributed by atoms with van der Waals surface area (Å²) in [5, 5.41) is 5.67. The van der Waals surface area contributed by atoms with Crippen LogP contribution in [0.3, 0.4) is 0 Å². The lowest BCUT2D eigenvalue weighted by Gasteiger charge is -2.07. The molecule has 0 spiro atoms. The molecule has 2 aromatic heterocycles. The van der Waals surface area contributed by atoms with Crippen molar-refractivity contribution in [1.82, 2.24) is 19.3 Å². The van der Waals surface area contributed by atoms with E-state index >= 15 is 0 Å². The molecule has 0 fully saturated rings. The molecule has 0 N–H and O–H groups in total. The number of nitrogens with zero attached hydrogens (tertiary/aromatic N) is 4. The molecule has 102 valence electrons. The maximum absolute atomic E-state index is 12.3. The van der Waals surface area contributed by atoms with Gasteiger partial charge in [0.15, 0.2) is 5.65 Å². The van der Waals surface area contributed by atoms with Crippen molar-refractivity contribution in [3.63, 3.8) is 0 Å². The highest BCUT2D eigenvalue weighted by Gasteiger charge is 2.09. The van der Waals surface area contributed by atoms with Crippen LogP contribution >= 0.6 is 23.2 Å². The van der Waals surface area contributed by atoms with Crippen LogP contribution in [0.15, 0.2) is 35.5 Å². The Morgan fingerprint density at radius 3 is 2.85 bits per heavy atom. The van der Waals surface area contributed by atoms with Crippen molar-refractivity contribution < 1.29 is 0 Å². The molecule has 0 aliphatic carbocycles. The Kier molecular flexibility index (Phi) is 3.23. The SMILES string of the molecule is Cn1cc2c(=O)n(Cc3ccc(Cl)cc3Cl)cnc2n1. The molecule has 0 bridgehead atoms. The second-order valence-corrected chi connectivity index (χ2v) is 5.30. The molecule has 3 aromatic rings. The van der Waals surface area contributed by atoms with E-state index in [2.05, 4.69) is 10.1 Å². The predicted molar refractivity (Wildman–Crippen MR) is 78.3 cm³/mol.